The van der Waals surface area contributed by atoms with Gasteiger partial charge in [0.1, 0.15) is 0 Å². The van der Waals surface area contributed by atoms with Gasteiger partial charge in [-0.1, -0.05) is 163 Å². The number of rotatable bonds is 7. The molecule has 0 unspecified atom stereocenters. The van der Waals surface area contributed by atoms with Crippen molar-refractivity contribution in [3.8, 4) is 33.4 Å². The van der Waals surface area contributed by atoms with E-state index in [2.05, 4.69) is 196 Å². The standard InChI is InChI=1S/C52H44BN/c1-4-5-8-17-37-28-35(2)47(29-37)51-36(3)54(49-25-16-15-24-46(49)39-20-11-7-12-21-39)50-34-45(38-18-9-6-10-19-38)33-48(52(50)53-51)43-27-26-42-30-40-22-13-14-23-41(40)31-44(42)32-43/h4-27,29,32-34,53H,28,30-31H2,1-3H3/b5-4-,17-8-. The first-order chi connectivity index (χ1) is 26.6. The maximum absolute atomic E-state index is 2.57. The zero-order chi connectivity index (χ0) is 36.6. The average molecular weight is 694 g/mol. The first-order valence-corrected chi connectivity index (χ1v) is 19.3. The maximum Gasteiger partial charge on any atom is 0.198 e. The molecule has 1 heterocycles. The minimum Gasteiger partial charge on any atom is -0.315 e. The number of benzene rings is 6. The highest BCUT2D eigenvalue weighted by atomic mass is 15.2. The van der Waals surface area contributed by atoms with Crippen LogP contribution in [0.2, 0.25) is 0 Å². The zero-order valence-corrected chi connectivity index (χ0v) is 31.4. The van der Waals surface area contributed by atoms with Gasteiger partial charge in [-0.3, -0.25) is 0 Å². The van der Waals surface area contributed by atoms with E-state index in [-0.39, 0.29) is 0 Å². The van der Waals surface area contributed by atoms with Crippen LogP contribution in [0.15, 0.2) is 198 Å². The van der Waals surface area contributed by atoms with Gasteiger partial charge in [-0.05, 0) is 125 Å². The van der Waals surface area contributed by atoms with E-state index >= 15 is 0 Å². The van der Waals surface area contributed by atoms with Crippen LogP contribution in [-0.2, 0) is 12.8 Å². The van der Waals surface area contributed by atoms with Crippen molar-refractivity contribution in [1.82, 2.24) is 0 Å². The number of hydrogen-bond acceptors (Lipinski definition) is 1. The Bertz CT molecular complexity index is 2560. The number of fused-ring (bicyclic) bond motifs is 3. The molecule has 0 bridgehead atoms. The van der Waals surface area contributed by atoms with Gasteiger partial charge in [-0.25, -0.2) is 0 Å². The molecule has 1 aliphatic heterocycles. The Morgan fingerprint density at radius 1 is 0.537 bits per heavy atom. The van der Waals surface area contributed by atoms with E-state index in [1.807, 2.05) is 0 Å². The van der Waals surface area contributed by atoms with Crippen LogP contribution in [0, 0.1) is 0 Å². The lowest BCUT2D eigenvalue weighted by molar-refractivity contribution is 1.00. The fourth-order valence-corrected chi connectivity index (χ4v) is 8.79. The Balaban J connectivity index is 1.29. The summed E-state index contributed by atoms with van der Waals surface area (Å²) in [5, 5.41) is 0. The van der Waals surface area contributed by atoms with Gasteiger partial charge in [-0.2, -0.15) is 0 Å². The van der Waals surface area contributed by atoms with E-state index < -0.39 is 0 Å². The normalized spacial score (nSPS) is 15.0. The van der Waals surface area contributed by atoms with E-state index in [1.165, 1.54) is 100 Å². The van der Waals surface area contributed by atoms with Crippen molar-refractivity contribution in [1.29, 1.82) is 0 Å². The number of allylic oxidation sites excluding steroid dienone is 10. The third-order valence-electron chi connectivity index (χ3n) is 11.5. The van der Waals surface area contributed by atoms with Crippen LogP contribution in [0.4, 0.5) is 11.4 Å². The van der Waals surface area contributed by atoms with Crippen molar-refractivity contribution in [2.75, 3.05) is 4.90 Å². The van der Waals surface area contributed by atoms with Gasteiger partial charge in [0.2, 0.25) is 0 Å². The van der Waals surface area contributed by atoms with Crippen molar-refractivity contribution in [3.05, 3.63) is 220 Å². The van der Waals surface area contributed by atoms with E-state index in [9.17, 15) is 0 Å². The summed E-state index contributed by atoms with van der Waals surface area (Å²) in [5.41, 5.74) is 24.0. The summed E-state index contributed by atoms with van der Waals surface area (Å²) in [5.74, 6) is 0. The Hall–Kier alpha value is -6.12. The van der Waals surface area contributed by atoms with Crippen molar-refractivity contribution in [3.63, 3.8) is 0 Å². The van der Waals surface area contributed by atoms with E-state index in [0.29, 0.717) is 0 Å². The molecule has 0 saturated carbocycles. The summed E-state index contributed by atoms with van der Waals surface area (Å²) >= 11 is 0. The smallest absolute Gasteiger partial charge is 0.198 e. The highest BCUT2D eigenvalue weighted by Crippen LogP contribution is 2.45. The van der Waals surface area contributed by atoms with Crippen molar-refractivity contribution in [2.45, 2.75) is 40.0 Å². The molecule has 0 radical (unpaired) electrons. The third-order valence-corrected chi connectivity index (χ3v) is 11.5. The quantitative estimate of drug-likeness (QED) is 0.119. The molecular formula is C52H44BN. The van der Waals surface area contributed by atoms with Crippen LogP contribution in [-0.4, -0.2) is 7.28 Å². The maximum atomic E-state index is 2.57. The second kappa shape index (κ2) is 14.4. The van der Waals surface area contributed by atoms with Crippen LogP contribution in [0.1, 0.15) is 49.4 Å². The summed E-state index contributed by atoms with van der Waals surface area (Å²) in [6.45, 7) is 6.73. The average Bonchev–Trinajstić information content (AvgIpc) is 3.59. The summed E-state index contributed by atoms with van der Waals surface area (Å²) in [4.78, 5) is 2.57. The van der Waals surface area contributed by atoms with Gasteiger partial charge < -0.3 is 4.90 Å². The topological polar surface area (TPSA) is 3.24 Å². The Morgan fingerprint density at radius 3 is 1.96 bits per heavy atom. The molecule has 2 aliphatic carbocycles. The minimum atomic E-state index is 0.866. The molecule has 0 N–H and O–H groups in total. The van der Waals surface area contributed by atoms with Crippen molar-refractivity contribution >= 4 is 24.1 Å². The predicted molar refractivity (Wildman–Crippen MR) is 232 cm³/mol. The second-order valence-electron chi connectivity index (χ2n) is 14.9. The number of nitrogens with zero attached hydrogens (tertiary/aromatic N) is 1. The molecule has 0 saturated heterocycles. The van der Waals surface area contributed by atoms with E-state index in [0.717, 1.165) is 26.5 Å². The summed E-state index contributed by atoms with van der Waals surface area (Å²) in [6.07, 6.45) is 14.0. The van der Waals surface area contributed by atoms with Crippen LogP contribution in [0.5, 0.6) is 0 Å². The monoisotopic (exact) mass is 693 g/mol. The predicted octanol–water partition coefficient (Wildman–Crippen LogP) is 12.4. The summed E-state index contributed by atoms with van der Waals surface area (Å²) < 4.78 is 0. The molecule has 6 aromatic rings. The third kappa shape index (κ3) is 6.22. The molecule has 6 aromatic carbocycles. The van der Waals surface area contributed by atoms with Gasteiger partial charge in [0, 0.05) is 16.9 Å². The molecule has 0 atom stereocenters. The summed E-state index contributed by atoms with van der Waals surface area (Å²) in [7, 11) is 0.866. The molecule has 0 fully saturated rings. The largest absolute Gasteiger partial charge is 0.315 e. The highest BCUT2D eigenvalue weighted by Gasteiger charge is 2.32. The molecule has 9 rings (SSSR count). The van der Waals surface area contributed by atoms with Gasteiger partial charge in [0.15, 0.2) is 7.28 Å². The molecule has 0 aromatic heterocycles. The molecular weight excluding hydrogens is 649 g/mol. The lowest BCUT2D eigenvalue weighted by Crippen LogP contribution is -2.36. The molecule has 54 heavy (non-hydrogen) atoms. The molecule has 0 amide bonds. The summed E-state index contributed by atoms with van der Waals surface area (Å²) in [6, 6.07) is 51.8. The molecule has 3 aliphatic rings. The van der Waals surface area contributed by atoms with Crippen LogP contribution < -0.4 is 10.4 Å². The van der Waals surface area contributed by atoms with Crippen LogP contribution in [0.3, 0.4) is 0 Å². The van der Waals surface area contributed by atoms with Crippen LogP contribution in [0.25, 0.3) is 33.4 Å². The number of hydrogen-bond donors (Lipinski definition) is 0. The fourth-order valence-electron chi connectivity index (χ4n) is 8.79. The minimum absolute atomic E-state index is 0.866. The number of para-hydroxylation sites is 1. The van der Waals surface area contributed by atoms with E-state index in [1.54, 1.807) is 0 Å². The van der Waals surface area contributed by atoms with Gasteiger partial charge in [-0.15, -0.1) is 0 Å². The van der Waals surface area contributed by atoms with Gasteiger partial charge in [0.05, 0.1) is 5.69 Å². The second-order valence-corrected chi connectivity index (χ2v) is 14.9. The van der Waals surface area contributed by atoms with Crippen molar-refractivity contribution in [2.24, 2.45) is 0 Å². The zero-order valence-electron chi connectivity index (χ0n) is 31.4. The highest BCUT2D eigenvalue weighted by molar-refractivity contribution is 6.67. The first kappa shape index (κ1) is 33.7. The van der Waals surface area contributed by atoms with Crippen LogP contribution >= 0.6 is 0 Å². The molecule has 0 spiro atoms. The molecule has 1 nitrogen and oxygen atoms in total. The lowest BCUT2D eigenvalue weighted by Gasteiger charge is -2.37. The Morgan fingerprint density at radius 2 is 1.20 bits per heavy atom. The lowest BCUT2D eigenvalue weighted by atomic mass is 9.55. The fraction of sp³-hybridized carbons (Fsp3) is 0.115. The Labute approximate surface area is 321 Å². The Kier molecular flexibility index (Phi) is 8.97. The van der Waals surface area contributed by atoms with Gasteiger partial charge in [0.25, 0.3) is 0 Å². The molecule has 260 valence electrons. The van der Waals surface area contributed by atoms with E-state index in [4.69, 9.17) is 0 Å². The van der Waals surface area contributed by atoms with Crippen molar-refractivity contribution < 1.29 is 0 Å². The first-order valence-electron chi connectivity index (χ1n) is 19.3. The SMILES string of the molecule is C/C=C\C=C/C1=CC(C2=C(C)N(c3ccccc3-c3ccccc3)c3cc(-c4ccccc4)cc(-c4ccc5c(c4)Cc4ccccc4C5)c3B2)=C(C)C1. The molecule has 2 heteroatoms. The number of anilines is 2. The van der Waals surface area contributed by atoms with Gasteiger partial charge >= 0.3 is 0 Å².